The largest absolute Gasteiger partial charge is 0.322 e. The van der Waals surface area contributed by atoms with E-state index in [0.717, 1.165) is 5.56 Å². The van der Waals surface area contributed by atoms with Crippen LogP contribution in [0.3, 0.4) is 0 Å². The fourth-order valence-corrected chi connectivity index (χ4v) is 4.71. The first-order chi connectivity index (χ1) is 19.3. The van der Waals surface area contributed by atoms with Crippen molar-refractivity contribution >= 4 is 68.9 Å². The molecule has 0 saturated carbocycles. The molecule has 5 aromatic rings. The molecule has 0 spiro atoms. The number of halogens is 3. The van der Waals surface area contributed by atoms with Gasteiger partial charge in [0.05, 0.1) is 33.1 Å². The quantitative estimate of drug-likeness (QED) is 0.155. The van der Waals surface area contributed by atoms with Gasteiger partial charge in [-0.05, 0) is 67.1 Å². The molecule has 2 N–H and O–H groups in total. The maximum Gasteiger partial charge on any atom is 0.272 e. The van der Waals surface area contributed by atoms with Crippen molar-refractivity contribution < 1.29 is 9.59 Å². The summed E-state index contributed by atoms with van der Waals surface area (Å²) in [4.78, 5) is 30.7. The number of carbonyl (C=O) groups is 2. The Balaban J connectivity index is 1.37. The van der Waals surface area contributed by atoms with E-state index in [9.17, 15) is 9.59 Å². The van der Waals surface area contributed by atoms with Crippen LogP contribution < -0.4 is 10.7 Å². The molecule has 0 radical (unpaired) electrons. The minimum Gasteiger partial charge on any atom is -0.322 e. The van der Waals surface area contributed by atoms with E-state index in [-0.39, 0.29) is 16.8 Å². The van der Waals surface area contributed by atoms with Gasteiger partial charge in [0.2, 0.25) is 0 Å². The topological polar surface area (TPSA) is 83.4 Å². The number of hydrazone groups is 1. The van der Waals surface area contributed by atoms with E-state index in [2.05, 4.69) is 15.8 Å². The summed E-state index contributed by atoms with van der Waals surface area (Å²) in [5.41, 5.74) is 7.36. The summed E-state index contributed by atoms with van der Waals surface area (Å²) in [7, 11) is 0. The minimum absolute atomic E-state index is 0.254. The number of hydrogen-bond donors (Lipinski definition) is 2. The van der Waals surface area contributed by atoms with Crippen LogP contribution in [0.4, 0.5) is 5.69 Å². The van der Waals surface area contributed by atoms with Crippen LogP contribution in [-0.2, 0) is 0 Å². The van der Waals surface area contributed by atoms with Crippen molar-refractivity contribution in [3.63, 3.8) is 0 Å². The molecular weight excluding hydrogens is 567 g/mol. The molecule has 0 fully saturated rings. The summed E-state index contributed by atoms with van der Waals surface area (Å²) >= 11 is 18.1. The number of nitrogens with one attached hydrogen (secondary N) is 2. The van der Waals surface area contributed by atoms with E-state index in [4.69, 9.17) is 39.8 Å². The number of amides is 2. The molecule has 1 aromatic heterocycles. The minimum atomic E-state index is -0.380. The standard InChI is InChI=1S/C31H21Cl3N4O2/c1-18(20-5-4-6-23(15-20)35-30(39)25-14-13-22(33)16-27(25)34)37-38-31(40)26-17-29(19-9-11-21(32)12-10-19)36-28-8-3-2-7-24(26)28/h2-17H,1H3,(H,35,39)(H,38,40)/b37-18-. The van der Waals surface area contributed by atoms with Crippen LogP contribution in [-0.4, -0.2) is 22.5 Å². The first-order valence-electron chi connectivity index (χ1n) is 12.2. The van der Waals surface area contributed by atoms with Crippen molar-refractivity contribution in [2.45, 2.75) is 6.92 Å². The molecule has 6 nitrogen and oxygen atoms in total. The number of hydrogen-bond acceptors (Lipinski definition) is 4. The molecule has 4 aromatic carbocycles. The number of para-hydroxylation sites is 1. The van der Waals surface area contributed by atoms with Crippen LogP contribution in [0.1, 0.15) is 33.2 Å². The van der Waals surface area contributed by atoms with Gasteiger partial charge in [0.25, 0.3) is 11.8 Å². The SMILES string of the molecule is C/C(=N/NC(=O)c1cc(-c2ccc(Cl)cc2)nc2ccccc12)c1cccc(NC(=O)c2ccc(Cl)cc2Cl)c1. The molecule has 2 amide bonds. The smallest absolute Gasteiger partial charge is 0.272 e. The Kier molecular flexibility index (Phi) is 8.12. The molecule has 0 aliphatic heterocycles. The zero-order valence-corrected chi connectivity index (χ0v) is 23.4. The maximum absolute atomic E-state index is 13.3. The van der Waals surface area contributed by atoms with E-state index in [1.54, 1.807) is 55.5 Å². The van der Waals surface area contributed by atoms with Crippen molar-refractivity contribution in [2.24, 2.45) is 5.10 Å². The Morgan fingerprint density at radius 1 is 0.750 bits per heavy atom. The third kappa shape index (κ3) is 6.15. The molecule has 198 valence electrons. The molecular formula is C31H21Cl3N4O2. The first kappa shape index (κ1) is 27.3. The highest BCUT2D eigenvalue weighted by atomic mass is 35.5. The van der Waals surface area contributed by atoms with Gasteiger partial charge in [-0.1, -0.05) is 77.3 Å². The number of rotatable bonds is 6. The molecule has 0 aliphatic rings. The van der Waals surface area contributed by atoms with Crippen LogP contribution in [0, 0.1) is 0 Å². The second kappa shape index (κ2) is 11.9. The first-order valence-corrected chi connectivity index (χ1v) is 13.3. The lowest BCUT2D eigenvalue weighted by atomic mass is 10.0. The molecule has 40 heavy (non-hydrogen) atoms. The number of aromatic nitrogens is 1. The van der Waals surface area contributed by atoms with Gasteiger partial charge in [-0.25, -0.2) is 10.4 Å². The average molecular weight is 588 g/mol. The van der Waals surface area contributed by atoms with Gasteiger partial charge in [-0.3, -0.25) is 9.59 Å². The molecule has 0 unspecified atom stereocenters. The number of anilines is 1. The van der Waals surface area contributed by atoms with E-state index in [0.29, 0.717) is 54.7 Å². The van der Waals surface area contributed by atoms with Gasteiger partial charge in [-0.2, -0.15) is 5.10 Å². The fourth-order valence-electron chi connectivity index (χ4n) is 4.09. The molecule has 0 atom stereocenters. The van der Waals surface area contributed by atoms with Crippen molar-refractivity contribution in [3.05, 3.63) is 129 Å². The second-order valence-electron chi connectivity index (χ2n) is 8.88. The van der Waals surface area contributed by atoms with Gasteiger partial charge < -0.3 is 5.32 Å². The highest BCUT2D eigenvalue weighted by Gasteiger charge is 2.15. The van der Waals surface area contributed by atoms with Crippen LogP contribution in [0.15, 0.2) is 102 Å². The van der Waals surface area contributed by atoms with Crippen LogP contribution in [0.2, 0.25) is 15.1 Å². The van der Waals surface area contributed by atoms with Crippen LogP contribution >= 0.6 is 34.8 Å². The molecule has 9 heteroatoms. The van der Waals surface area contributed by atoms with Crippen molar-refractivity contribution in [2.75, 3.05) is 5.32 Å². The lowest BCUT2D eigenvalue weighted by Gasteiger charge is -2.10. The van der Waals surface area contributed by atoms with Crippen LogP contribution in [0.25, 0.3) is 22.2 Å². The molecule has 5 rings (SSSR count). The Hall–Kier alpha value is -4.23. The molecule has 0 saturated heterocycles. The van der Waals surface area contributed by atoms with Crippen molar-refractivity contribution in [1.29, 1.82) is 0 Å². The molecule has 1 heterocycles. The van der Waals surface area contributed by atoms with E-state index < -0.39 is 0 Å². The Labute approximate surface area is 245 Å². The highest BCUT2D eigenvalue weighted by Crippen LogP contribution is 2.26. The van der Waals surface area contributed by atoms with E-state index in [1.165, 1.54) is 6.07 Å². The normalized spacial score (nSPS) is 11.3. The third-order valence-electron chi connectivity index (χ3n) is 6.14. The maximum atomic E-state index is 13.3. The highest BCUT2D eigenvalue weighted by molar-refractivity contribution is 6.37. The number of fused-ring (bicyclic) bond motifs is 1. The number of nitrogens with zero attached hydrogens (tertiary/aromatic N) is 2. The molecule has 0 bridgehead atoms. The van der Waals surface area contributed by atoms with Gasteiger partial charge in [0.15, 0.2) is 0 Å². The predicted molar refractivity (Wildman–Crippen MR) is 163 cm³/mol. The second-order valence-corrected chi connectivity index (χ2v) is 10.2. The summed E-state index contributed by atoms with van der Waals surface area (Å²) in [5, 5.41) is 9.17. The Morgan fingerprint density at radius 2 is 1.50 bits per heavy atom. The van der Waals surface area contributed by atoms with Gasteiger partial charge in [-0.15, -0.1) is 0 Å². The molecule has 0 aliphatic carbocycles. The lowest BCUT2D eigenvalue weighted by molar-refractivity contribution is 0.0955. The lowest BCUT2D eigenvalue weighted by Crippen LogP contribution is -2.20. The Morgan fingerprint density at radius 3 is 2.27 bits per heavy atom. The predicted octanol–water partition coefficient (Wildman–Crippen LogP) is 8.27. The Bertz CT molecular complexity index is 1790. The van der Waals surface area contributed by atoms with Crippen LogP contribution in [0.5, 0.6) is 0 Å². The number of pyridine rings is 1. The van der Waals surface area contributed by atoms with Gasteiger partial charge in [0, 0.05) is 26.7 Å². The summed E-state index contributed by atoms with van der Waals surface area (Å²) in [6.07, 6.45) is 0. The number of benzene rings is 4. The van der Waals surface area contributed by atoms with Crippen molar-refractivity contribution in [3.8, 4) is 11.3 Å². The monoisotopic (exact) mass is 586 g/mol. The summed E-state index contributed by atoms with van der Waals surface area (Å²) < 4.78 is 0. The van der Waals surface area contributed by atoms with Gasteiger partial charge in [0.1, 0.15) is 0 Å². The zero-order chi connectivity index (χ0) is 28.2. The average Bonchev–Trinajstić information content (AvgIpc) is 2.95. The summed E-state index contributed by atoms with van der Waals surface area (Å²) in [6.45, 7) is 1.76. The van der Waals surface area contributed by atoms with E-state index in [1.807, 2.05) is 42.5 Å². The zero-order valence-electron chi connectivity index (χ0n) is 21.1. The number of carbonyl (C=O) groups excluding carboxylic acids is 2. The van der Waals surface area contributed by atoms with Gasteiger partial charge >= 0.3 is 0 Å². The third-order valence-corrected chi connectivity index (χ3v) is 6.94. The summed E-state index contributed by atoms with van der Waals surface area (Å²) in [6, 6.07) is 28.2. The fraction of sp³-hybridized carbons (Fsp3) is 0.0323. The summed E-state index contributed by atoms with van der Waals surface area (Å²) in [5.74, 6) is -0.752. The van der Waals surface area contributed by atoms with E-state index >= 15 is 0 Å². The van der Waals surface area contributed by atoms with Crippen molar-refractivity contribution in [1.82, 2.24) is 10.4 Å².